The second kappa shape index (κ2) is 10.1. The smallest absolute Gasteiger partial charge is 0.251 e. The number of benzene rings is 3. The Balaban J connectivity index is 1.69. The first-order valence-electron chi connectivity index (χ1n) is 9.24. The van der Waals surface area contributed by atoms with Crippen LogP contribution in [-0.4, -0.2) is 14.3 Å². The minimum Gasteiger partial charge on any atom is -0.346 e. The van der Waals surface area contributed by atoms with E-state index in [4.69, 9.17) is 28.3 Å². The lowest BCUT2D eigenvalue weighted by atomic mass is 10.1. The van der Waals surface area contributed by atoms with Crippen LogP contribution >= 0.6 is 35.0 Å². The van der Waals surface area contributed by atoms with E-state index >= 15 is 0 Å². The minimum absolute atomic E-state index is 0.00444. The Morgan fingerprint density at radius 3 is 2.55 bits per heavy atom. The van der Waals surface area contributed by atoms with Gasteiger partial charge in [-0.2, -0.15) is 0 Å². The van der Waals surface area contributed by atoms with Crippen LogP contribution in [0.2, 0.25) is 10.0 Å². The van der Waals surface area contributed by atoms with Crippen molar-refractivity contribution in [3.63, 3.8) is 0 Å². The first-order valence-corrected chi connectivity index (χ1v) is 12.5. The van der Waals surface area contributed by atoms with Gasteiger partial charge in [0.2, 0.25) is 10.0 Å². The third-order valence-electron chi connectivity index (χ3n) is 4.51. The van der Waals surface area contributed by atoms with E-state index in [0.717, 1.165) is 10.5 Å². The molecule has 0 saturated carbocycles. The van der Waals surface area contributed by atoms with Crippen molar-refractivity contribution in [2.75, 3.05) is 0 Å². The average molecular weight is 495 g/mol. The third kappa shape index (κ3) is 6.48. The second-order valence-electron chi connectivity index (χ2n) is 6.88. The number of nitrogens with one attached hydrogen (secondary N) is 1. The van der Waals surface area contributed by atoms with E-state index in [1.807, 2.05) is 24.3 Å². The topological polar surface area (TPSA) is 89.3 Å². The van der Waals surface area contributed by atoms with Crippen LogP contribution in [-0.2, 0) is 15.8 Å². The zero-order valence-electron chi connectivity index (χ0n) is 16.5. The summed E-state index contributed by atoms with van der Waals surface area (Å²) < 4.78 is 23.1. The van der Waals surface area contributed by atoms with E-state index in [1.54, 1.807) is 37.3 Å². The number of hydrogen-bond donors (Lipinski definition) is 2. The van der Waals surface area contributed by atoms with Gasteiger partial charge in [0.15, 0.2) is 0 Å². The molecule has 0 saturated heterocycles. The van der Waals surface area contributed by atoms with Gasteiger partial charge in [-0.1, -0.05) is 47.5 Å². The Morgan fingerprint density at radius 1 is 1.06 bits per heavy atom. The van der Waals surface area contributed by atoms with Crippen LogP contribution in [0.3, 0.4) is 0 Å². The molecule has 3 N–H and O–H groups in total. The number of sulfonamides is 1. The van der Waals surface area contributed by atoms with Crippen molar-refractivity contribution in [2.45, 2.75) is 28.5 Å². The Kier molecular flexibility index (Phi) is 7.67. The molecule has 0 aliphatic carbocycles. The normalized spacial score (nSPS) is 12.4. The molecule has 1 unspecified atom stereocenters. The fraction of sp³-hybridized carbons (Fsp3) is 0.136. The number of rotatable bonds is 7. The van der Waals surface area contributed by atoms with Gasteiger partial charge >= 0.3 is 0 Å². The molecule has 31 heavy (non-hydrogen) atoms. The maximum Gasteiger partial charge on any atom is 0.251 e. The summed E-state index contributed by atoms with van der Waals surface area (Å²) in [6, 6.07) is 18.4. The summed E-state index contributed by atoms with van der Waals surface area (Å²) in [6.45, 7) is 1.78. The standard InChI is InChI=1S/C22H20Cl2N2O3S2/c1-14(16-5-3-7-19(11-16)31(25,28)29)26-22(27)17-6-2-4-15(10-17)13-30-21-12-18(23)8-9-20(21)24/h2-12,14H,13H2,1H3,(H,26,27)(H2,25,28,29). The maximum atomic E-state index is 12.7. The van der Waals surface area contributed by atoms with Crippen molar-refractivity contribution in [1.82, 2.24) is 5.32 Å². The average Bonchev–Trinajstić information content (AvgIpc) is 2.74. The summed E-state index contributed by atoms with van der Waals surface area (Å²) in [5.74, 6) is 0.355. The van der Waals surface area contributed by atoms with Gasteiger partial charge in [0.25, 0.3) is 5.91 Å². The Bertz CT molecular complexity index is 1220. The van der Waals surface area contributed by atoms with E-state index in [1.165, 1.54) is 23.9 Å². The van der Waals surface area contributed by atoms with Crippen molar-refractivity contribution < 1.29 is 13.2 Å². The highest BCUT2D eigenvalue weighted by Crippen LogP contribution is 2.32. The zero-order valence-corrected chi connectivity index (χ0v) is 19.7. The molecule has 0 spiro atoms. The van der Waals surface area contributed by atoms with E-state index in [9.17, 15) is 13.2 Å². The molecule has 5 nitrogen and oxygen atoms in total. The Hall–Kier alpha value is -2.03. The van der Waals surface area contributed by atoms with Gasteiger partial charge in [-0.15, -0.1) is 11.8 Å². The summed E-state index contributed by atoms with van der Waals surface area (Å²) in [7, 11) is -3.81. The first-order chi connectivity index (χ1) is 14.6. The van der Waals surface area contributed by atoms with Crippen LogP contribution in [0.4, 0.5) is 0 Å². The largest absolute Gasteiger partial charge is 0.346 e. The number of thioether (sulfide) groups is 1. The molecule has 0 aromatic heterocycles. The first kappa shape index (κ1) is 23.6. The number of hydrogen-bond acceptors (Lipinski definition) is 4. The lowest BCUT2D eigenvalue weighted by Crippen LogP contribution is -2.27. The van der Waals surface area contributed by atoms with Gasteiger partial charge in [0, 0.05) is 21.2 Å². The van der Waals surface area contributed by atoms with Crippen LogP contribution in [0.25, 0.3) is 0 Å². The van der Waals surface area contributed by atoms with E-state index in [2.05, 4.69) is 5.32 Å². The van der Waals surface area contributed by atoms with Gasteiger partial charge in [-0.05, 0) is 60.5 Å². The summed E-state index contributed by atoms with van der Waals surface area (Å²) in [5.41, 5.74) is 2.10. The number of amides is 1. The summed E-state index contributed by atoms with van der Waals surface area (Å²) in [6.07, 6.45) is 0. The number of halogens is 2. The quantitative estimate of drug-likeness (QED) is 0.428. The van der Waals surface area contributed by atoms with Crippen molar-refractivity contribution in [1.29, 1.82) is 0 Å². The van der Waals surface area contributed by atoms with E-state index in [-0.39, 0.29) is 10.8 Å². The summed E-state index contributed by atoms with van der Waals surface area (Å²) >= 11 is 13.8. The van der Waals surface area contributed by atoms with Crippen molar-refractivity contribution in [2.24, 2.45) is 5.14 Å². The Morgan fingerprint density at radius 2 is 1.81 bits per heavy atom. The van der Waals surface area contributed by atoms with Crippen LogP contribution in [0.15, 0.2) is 76.5 Å². The molecule has 0 aliphatic rings. The Labute approximate surface area is 196 Å². The molecule has 1 amide bonds. The number of primary sulfonamides is 1. The predicted molar refractivity (Wildman–Crippen MR) is 126 cm³/mol. The molecule has 3 aromatic rings. The van der Waals surface area contributed by atoms with Crippen LogP contribution in [0, 0.1) is 0 Å². The molecule has 0 bridgehead atoms. The van der Waals surface area contributed by atoms with Gasteiger partial charge in [-0.25, -0.2) is 13.6 Å². The lowest BCUT2D eigenvalue weighted by Gasteiger charge is -2.15. The van der Waals surface area contributed by atoms with Crippen molar-refractivity contribution in [3.8, 4) is 0 Å². The molecule has 3 aromatic carbocycles. The molecule has 1 atom stereocenters. The highest BCUT2D eigenvalue weighted by atomic mass is 35.5. The van der Waals surface area contributed by atoms with E-state index < -0.39 is 16.1 Å². The molecular formula is C22H20Cl2N2O3S2. The van der Waals surface area contributed by atoms with Crippen LogP contribution in [0.1, 0.15) is 34.5 Å². The van der Waals surface area contributed by atoms with Crippen molar-refractivity contribution >= 4 is 50.9 Å². The molecule has 162 valence electrons. The molecular weight excluding hydrogens is 475 g/mol. The number of carbonyl (C=O) groups excluding carboxylic acids is 1. The lowest BCUT2D eigenvalue weighted by molar-refractivity contribution is 0.0939. The second-order valence-corrected chi connectivity index (χ2v) is 10.3. The zero-order chi connectivity index (χ0) is 22.6. The van der Waals surface area contributed by atoms with Gasteiger partial charge < -0.3 is 5.32 Å². The molecule has 0 heterocycles. The molecule has 0 fully saturated rings. The molecule has 9 heteroatoms. The van der Waals surface area contributed by atoms with Gasteiger partial charge in [-0.3, -0.25) is 4.79 Å². The molecule has 0 aliphatic heterocycles. The van der Waals surface area contributed by atoms with Gasteiger partial charge in [0.1, 0.15) is 0 Å². The maximum absolute atomic E-state index is 12.7. The van der Waals surface area contributed by atoms with Crippen LogP contribution < -0.4 is 10.5 Å². The van der Waals surface area contributed by atoms with Crippen molar-refractivity contribution in [3.05, 3.63) is 93.5 Å². The van der Waals surface area contributed by atoms with Gasteiger partial charge in [0.05, 0.1) is 16.0 Å². The van der Waals surface area contributed by atoms with E-state index in [0.29, 0.717) is 26.9 Å². The fourth-order valence-electron chi connectivity index (χ4n) is 2.88. The fourth-order valence-corrected chi connectivity index (χ4v) is 4.88. The SMILES string of the molecule is CC(NC(=O)c1cccc(CSc2cc(Cl)ccc2Cl)c1)c1cccc(S(N)(=O)=O)c1. The number of carbonyl (C=O) groups is 1. The number of nitrogens with two attached hydrogens (primary N) is 1. The monoisotopic (exact) mass is 494 g/mol. The summed E-state index contributed by atoms with van der Waals surface area (Å²) in [4.78, 5) is 13.6. The minimum atomic E-state index is -3.81. The summed E-state index contributed by atoms with van der Waals surface area (Å²) in [5, 5.41) is 9.31. The highest BCUT2D eigenvalue weighted by Gasteiger charge is 2.15. The predicted octanol–water partition coefficient (Wildman–Crippen LogP) is 5.42. The molecule has 3 rings (SSSR count). The highest BCUT2D eigenvalue weighted by molar-refractivity contribution is 7.98. The molecule has 0 radical (unpaired) electrons. The third-order valence-corrected chi connectivity index (χ3v) is 7.23. The van der Waals surface area contributed by atoms with Crippen LogP contribution in [0.5, 0.6) is 0 Å².